The maximum atomic E-state index is 12.5. The lowest BCUT2D eigenvalue weighted by Crippen LogP contribution is -2.11. The van der Waals surface area contributed by atoms with Crippen LogP contribution < -0.4 is 4.74 Å². The van der Waals surface area contributed by atoms with Crippen LogP contribution >= 0.6 is 0 Å². The minimum Gasteiger partial charge on any atom is -0.507 e. The van der Waals surface area contributed by atoms with Crippen molar-refractivity contribution in [2.24, 2.45) is 0 Å². The first-order chi connectivity index (χ1) is 11.0. The molecular formula is C19H19NO3. The van der Waals surface area contributed by atoms with Gasteiger partial charge in [0.15, 0.2) is 5.76 Å². The van der Waals surface area contributed by atoms with Gasteiger partial charge in [-0.3, -0.25) is 4.79 Å². The summed E-state index contributed by atoms with van der Waals surface area (Å²) in [6.45, 7) is 2.51. The molecule has 0 atom stereocenters. The Morgan fingerprint density at radius 2 is 1.83 bits per heavy atom. The Bertz CT molecular complexity index is 789. The van der Waals surface area contributed by atoms with Crippen LogP contribution in [-0.2, 0) is 6.54 Å². The topological polar surface area (TPSA) is 49.8 Å². The fourth-order valence-electron chi connectivity index (χ4n) is 2.58. The SMILES string of the molecule is Cc1ccc(/C=C2\Oc3c(ccc(O)c3CN(C)C)C2=O)cc1. The van der Waals surface area contributed by atoms with Crippen LogP contribution in [0.2, 0.25) is 0 Å². The molecule has 2 aromatic carbocycles. The zero-order valence-electron chi connectivity index (χ0n) is 13.5. The molecule has 118 valence electrons. The van der Waals surface area contributed by atoms with Gasteiger partial charge in [0.25, 0.3) is 0 Å². The molecule has 3 rings (SSSR count). The number of allylic oxidation sites excluding steroid dienone is 1. The second kappa shape index (κ2) is 5.89. The normalized spacial score (nSPS) is 15.1. The zero-order chi connectivity index (χ0) is 16.6. The Hall–Kier alpha value is -2.59. The predicted molar refractivity (Wildman–Crippen MR) is 89.6 cm³/mol. The summed E-state index contributed by atoms with van der Waals surface area (Å²) in [5, 5.41) is 10.1. The predicted octanol–water partition coefficient (Wildman–Crippen LogP) is 3.38. The lowest BCUT2D eigenvalue weighted by Gasteiger charge is -2.13. The Kier molecular flexibility index (Phi) is 3.92. The molecule has 0 saturated carbocycles. The molecular weight excluding hydrogens is 290 g/mol. The van der Waals surface area contributed by atoms with E-state index < -0.39 is 0 Å². The third-order valence-electron chi connectivity index (χ3n) is 3.77. The number of hydrogen-bond acceptors (Lipinski definition) is 4. The molecule has 0 spiro atoms. The van der Waals surface area contributed by atoms with Crippen molar-refractivity contribution in [2.75, 3.05) is 14.1 Å². The van der Waals surface area contributed by atoms with Gasteiger partial charge in [0.1, 0.15) is 11.5 Å². The van der Waals surface area contributed by atoms with Gasteiger partial charge in [-0.2, -0.15) is 0 Å². The number of phenolic OH excluding ortho intramolecular Hbond substituents is 1. The minimum atomic E-state index is -0.152. The van der Waals surface area contributed by atoms with Crippen molar-refractivity contribution in [3.63, 3.8) is 0 Å². The van der Waals surface area contributed by atoms with Crippen molar-refractivity contribution in [1.82, 2.24) is 4.90 Å². The van der Waals surface area contributed by atoms with Crippen LogP contribution in [0.15, 0.2) is 42.2 Å². The van der Waals surface area contributed by atoms with Gasteiger partial charge in [-0.25, -0.2) is 0 Å². The highest BCUT2D eigenvalue weighted by molar-refractivity contribution is 6.15. The van der Waals surface area contributed by atoms with Gasteiger partial charge in [-0.15, -0.1) is 0 Å². The number of carbonyl (C=O) groups excluding carboxylic acids is 1. The summed E-state index contributed by atoms with van der Waals surface area (Å²) in [6, 6.07) is 11.0. The van der Waals surface area contributed by atoms with Gasteiger partial charge in [0, 0.05) is 6.54 Å². The molecule has 0 aliphatic carbocycles. The first-order valence-electron chi connectivity index (χ1n) is 7.46. The molecule has 0 amide bonds. The number of phenols is 1. The maximum Gasteiger partial charge on any atom is 0.231 e. The van der Waals surface area contributed by atoms with E-state index in [0.717, 1.165) is 11.1 Å². The number of fused-ring (bicyclic) bond motifs is 1. The van der Waals surface area contributed by atoms with Crippen LogP contribution in [0.4, 0.5) is 0 Å². The molecule has 1 heterocycles. The van der Waals surface area contributed by atoms with Crippen LogP contribution in [0, 0.1) is 6.92 Å². The molecule has 1 aliphatic rings. The average molecular weight is 309 g/mol. The number of rotatable bonds is 3. The molecule has 0 bridgehead atoms. The lowest BCUT2D eigenvalue weighted by molar-refractivity contribution is 0.101. The van der Waals surface area contributed by atoms with Crippen LogP contribution in [0.25, 0.3) is 6.08 Å². The third kappa shape index (κ3) is 2.98. The highest BCUT2D eigenvalue weighted by Crippen LogP contribution is 2.39. The van der Waals surface area contributed by atoms with Crippen molar-refractivity contribution in [1.29, 1.82) is 0 Å². The molecule has 4 heteroatoms. The highest BCUT2D eigenvalue weighted by atomic mass is 16.5. The van der Waals surface area contributed by atoms with E-state index in [1.165, 1.54) is 0 Å². The minimum absolute atomic E-state index is 0.141. The molecule has 0 unspecified atom stereocenters. The summed E-state index contributed by atoms with van der Waals surface area (Å²) in [5.74, 6) is 0.735. The van der Waals surface area contributed by atoms with Crippen molar-refractivity contribution >= 4 is 11.9 Å². The maximum absolute atomic E-state index is 12.5. The molecule has 0 aromatic heterocycles. The summed E-state index contributed by atoms with van der Waals surface area (Å²) < 4.78 is 5.79. The van der Waals surface area contributed by atoms with Gasteiger partial charge < -0.3 is 14.7 Å². The number of benzene rings is 2. The van der Waals surface area contributed by atoms with Crippen molar-refractivity contribution in [3.05, 3.63) is 64.4 Å². The molecule has 0 radical (unpaired) electrons. The van der Waals surface area contributed by atoms with Crippen molar-refractivity contribution in [3.8, 4) is 11.5 Å². The summed E-state index contributed by atoms with van der Waals surface area (Å²) in [6.07, 6.45) is 1.73. The van der Waals surface area contributed by atoms with E-state index in [-0.39, 0.29) is 17.3 Å². The Labute approximate surface area is 135 Å². The van der Waals surface area contributed by atoms with Gasteiger partial charge in [0.05, 0.1) is 11.1 Å². The molecule has 2 aromatic rings. The standard InChI is InChI=1S/C19H19NO3/c1-12-4-6-13(7-5-12)10-17-18(22)14-8-9-16(21)15(11-20(2)3)19(14)23-17/h4-10,21H,11H2,1-3H3/b17-10-. The first kappa shape index (κ1) is 15.3. The number of ether oxygens (including phenoxy) is 1. The Morgan fingerprint density at radius 3 is 2.48 bits per heavy atom. The third-order valence-corrected chi connectivity index (χ3v) is 3.77. The lowest BCUT2D eigenvalue weighted by atomic mass is 10.0. The van der Waals surface area contributed by atoms with E-state index in [1.54, 1.807) is 18.2 Å². The quantitative estimate of drug-likeness (QED) is 0.883. The molecule has 0 saturated heterocycles. The number of Topliss-reactive ketones (excluding diaryl/α,β-unsaturated/α-hetero) is 1. The summed E-state index contributed by atoms with van der Waals surface area (Å²) in [5.41, 5.74) is 3.20. The van der Waals surface area contributed by atoms with Crippen LogP contribution in [0.5, 0.6) is 11.5 Å². The largest absolute Gasteiger partial charge is 0.507 e. The molecule has 4 nitrogen and oxygen atoms in total. The number of carbonyl (C=O) groups is 1. The van der Waals surface area contributed by atoms with Crippen LogP contribution in [0.1, 0.15) is 27.0 Å². The van der Waals surface area contributed by atoms with E-state index in [2.05, 4.69) is 0 Å². The number of aryl methyl sites for hydroxylation is 1. The first-order valence-corrected chi connectivity index (χ1v) is 7.46. The molecule has 1 N–H and O–H groups in total. The van der Waals surface area contributed by atoms with Gasteiger partial charge in [0.2, 0.25) is 5.78 Å². The second-order valence-electron chi connectivity index (χ2n) is 6.03. The zero-order valence-corrected chi connectivity index (χ0v) is 13.5. The molecule has 1 aliphatic heterocycles. The van der Waals surface area contributed by atoms with Crippen molar-refractivity contribution in [2.45, 2.75) is 13.5 Å². The Morgan fingerprint density at radius 1 is 1.13 bits per heavy atom. The van der Waals surface area contributed by atoms with Gasteiger partial charge >= 0.3 is 0 Å². The number of hydrogen-bond donors (Lipinski definition) is 1. The van der Waals surface area contributed by atoms with Crippen molar-refractivity contribution < 1.29 is 14.6 Å². The van der Waals surface area contributed by atoms with E-state index in [4.69, 9.17) is 4.74 Å². The number of ketones is 1. The summed E-state index contributed by atoms with van der Waals surface area (Å²) in [4.78, 5) is 14.5. The van der Waals surface area contributed by atoms with E-state index >= 15 is 0 Å². The van der Waals surface area contributed by atoms with E-state index in [0.29, 0.717) is 23.4 Å². The average Bonchev–Trinajstić information content (AvgIpc) is 2.81. The monoisotopic (exact) mass is 309 g/mol. The summed E-state index contributed by atoms with van der Waals surface area (Å²) in [7, 11) is 3.80. The van der Waals surface area contributed by atoms with E-state index in [1.807, 2.05) is 50.2 Å². The smallest absolute Gasteiger partial charge is 0.231 e. The highest BCUT2D eigenvalue weighted by Gasteiger charge is 2.31. The van der Waals surface area contributed by atoms with Gasteiger partial charge in [-0.1, -0.05) is 29.8 Å². The van der Waals surface area contributed by atoms with Gasteiger partial charge in [-0.05, 0) is 44.8 Å². The number of aromatic hydroxyl groups is 1. The fraction of sp³-hybridized carbons (Fsp3) is 0.211. The molecule has 0 fully saturated rings. The van der Waals surface area contributed by atoms with E-state index in [9.17, 15) is 9.90 Å². The fourth-order valence-corrected chi connectivity index (χ4v) is 2.58. The molecule has 23 heavy (non-hydrogen) atoms. The number of nitrogens with zero attached hydrogens (tertiary/aromatic N) is 1. The second-order valence-corrected chi connectivity index (χ2v) is 6.03. The summed E-state index contributed by atoms with van der Waals surface area (Å²) >= 11 is 0. The van der Waals surface area contributed by atoms with Crippen LogP contribution in [0.3, 0.4) is 0 Å². The Balaban J connectivity index is 2.00. The van der Waals surface area contributed by atoms with Crippen LogP contribution in [-0.4, -0.2) is 29.9 Å².